The Balaban J connectivity index is 2.08. The Morgan fingerprint density at radius 1 is 1.36 bits per heavy atom. The van der Waals surface area contributed by atoms with Crippen LogP contribution in [0.4, 0.5) is 0 Å². The highest BCUT2D eigenvalue weighted by Crippen LogP contribution is 2.26. The fourth-order valence-corrected chi connectivity index (χ4v) is 2.30. The van der Waals surface area contributed by atoms with Crippen LogP contribution < -0.4 is 0 Å². The molecule has 0 amide bonds. The van der Waals surface area contributed by atoms with Crippen LogP contribution in [0.2, 0.25) is 5.02 Å². The Morgan fingerprint density at radius 3 is 2.86 bits per heavy atom. The van der Waals surface area contributed by atoms with Gasteiger partial charge in [-0.1, -0.05) is 35.4 Å². The second kappa shape index (κ2) is 4.37. The van der Waals surface area contributed by atoms with E-state index in [0.29, 0.717) is 0 Å². The molecule has 0 bridgehead atoms. The molecule has 1 aromatic carbocycles. The van der Waals surface area contributed by atoms with Gasteiger partial charge in [0.2, 0.25) is 0 Å². The molecule has 74 valence electrons. The van der Waals surface area contributed by atoms with Gasteiger partial charge in [-0.2, -0.15) is 0 Å². The van der Waals surface area contributed by atoms with Gasteiger partial charge in [0.05, 0.1) is 5.38 Å². The molecule has 1 unspecified atom stereocenters. The summed E-state index contributed by atoms with van der Waals surface area (Å²) in [6.45, 7) is 0. The van der Waals surface area contributed by atoms with Gasteiger partial charge in [-0.25, -0.2) is 0 Å². The second-order valence-corrected chi connectivity index (χ2v) is 4.68. The maximum Gasteiger partial charge on any atom is 0.0521 e. The molecule has 1 aliphatic carbocycles. The van der Waals surface area contributed by atoms with Crippen molar-refractivity contribution in [2.75, 3.05) is 0 Å². The van der Waals surface area contributed by atoms with E-state index in [-0.39, 0.29) is 5.38 Å². The molecule has 0 fully saturated rings. The van der Waals surface area contributed by atoms with Crippen molar-refractivity contribution in [2.24, 2.45) is 0 Å². The lowest BCUT2D eigenvalue weighted by atomic mass is 10.1. The Bertz CT molecular complexity index is 355. The second-order valence-electron chi connectivity index (χ2n) is 3.69. The highest BCUT2D eigenvalue weighted by Gasteiger charge is 2.12. The van der Waals surface area contributed by atoms with Crippen LogP contribution in [0, 0.1) is 0 Å². The average molecular weight is 227 g/mol. The van der Waals surface area contributed by atoms with Gasteiger partial charge in [0, 0.05) is 5.02 Å². The van der Waals surface area contributed by atoms with E-state index in [1.165, 1.54) is 11.1 Å². The Labute approximate surface area is 94.5 Å². The molecule has 14 heavy (non-hydrogen) atoms. The van der Waals surface area contributed by atoms with Crippen molar-refractivity contribution in [3.8, 4) is 0 Å². The van der Waals surface area contributed by atoms with E-state index >= 15 is 0 Å². The normalized spacial score (nSPS) is 21.0. The van der Waals surface area contributed by atoms with Crippen molar-refractivity contribution < 1.29 is 0 Å². The molecular weight excluding hydrogens is 215 g/mol. The summed E-state index contributed by atoms with van der Waals surface area (Å²) < 4.78 is 0. The highest BCUT2D eigenvalue weighted by molar-refractivity contribution is 6.30. The highest BCUT2D eigenvalue weighted by atomic mass is 35.5. The van der Waals surface area contributed by atoms with Gasteiger partial charge < -0.3 is 0 Å². The molecule has 1 atom stereocenters. The first-order valence-corrected chi connectivity index (χ1v) is 5.63. The number of hydrogen-bond donors (Lipinski definition) is 0. The van der Waals surface area contributed by atoms with E-state index in [9.17, 15) is 0 Å². The number of halogens is 2. The minimum absolute atomic E-state index is 0.240. The Morgan fingerprint density at radius 2 is 2.21 bits per heavy atom. The topological polar surface area (TPSA) is 0 Å². The van der Waals surface area contributed by atoms with Crippen LogP contribution in [0.3, 0.4) is 0 Å². The largest absolute Gasteiger partial charge is 0.118 e. The molecule has 2 rings (SSSR count). The molecule has 0 saturated carbocycles. The molecule has 0 heterocycles. The molecule has 0 N–H and O–H groups in total. The smallest absolute Gasteiger partial charge is 0.0521 e. The number of benzene rings is 1. The van der Waals surface area contributed by atoms with Crippen LogP contribution in [0.15, 0.2) is 35.9 Å². The van der Waals surface area contributed by atoms with Crippen LogP contribution >= 0.6 is 23.2 Å². The lowest BCUT2D eigenvalue weighted by Crippen LogP contribution is -1.87. The van der Waals surface area contributed by atoms with E-state index < -0.39 is 0 Å². The zero-order valence-electron chi connectivity index (χ0n) is 7.84. The van der Waals surface area contributed by atoms with Crippen LogP contribution in [-0.2, 0) is 6.42 Å². The van der Waals surface area contributed by atoms with Crippen LogP contribution in [0.1, 0.15) is 18.4 Å². The molecule has 0 aliphatic heterocycles. The molecular formula is C12H12Cl2. The first kappa shape index (κ1) is 10.1. The van der Waals surface area contributed by atoms with E-state index in [1.807, 2.05) is 18.2 Å². The summed E-state index contributed by atoms with van der Waals surface area (Å²) in [7, 11) is 0. The van der Waals surface area contributed by atoms with E-state index in [2.05, 4.69) is 12.1 Å². The van der Waals surface area contributed by atoms with Crippen molar-refractivity contribution >= 4 is 23.2 Å². The Hall–Kier alpha value is -0.460. The minimum atomic E-state index is 0.240. The summed E-state index contributed by atoms with van der Waals surface area (Å²) in [6.07, 6.45) is 5.37. The summed E-state index contributed by atoms with van der Waals surface area (Å²) >= 11 is 11.9. The fraction of sp³-hybridized carbons (Fsp3) is 0.333. The summed E-state index contributed by atoms with van der Waals surface area (Å²) in [5, 5.41) is 1.05. The van der Waals surface area contributed by atoms with Crippen molar-refractivity contribution in [2.45, 2.75) is 24.6 Å². The standard InChI is InChI=1S/C12H12Cl2/c13-11-3-1-2-9(7-11)6-10-4-5-12(14)8-10/h1-3,7-8,12H,4-6H2. The summed E-state index contributed by atoms with van der Waals surface area (Å²) in [4.78, 5) is 0. The molecule has 2 heteroatoms. The van der Waals surface area contributed by atoms with Gasteiger partial charge in [-0.3, -0.25) is 0 Å². The maximum atomic E-state index is 6.00. The fourth-order valence-electron chi connectivity index (χ4n) is 1.80. The SMILES string of the molecule is Clc1cccc(CC2=CC(Cl)CC2)c1. The molecule has 0 aromatic heterocycles. The monoisotopic (exact) mass is 226 g/mol. The maximum absolute atomic E-state index is 6.00. The van der Waals surface area contributed by atoms with Gasteiger partial charge in [0.1, 0.15) is 0 Å². The van der Waals surface area contributed by atoms with E-state index in [4.69, 9.17) is 23.2 Å². The van der Waals surface area contributed by atoms with Gasteiger partial charge >= 0.3 is 0 Å². The van der Waals surface area contributed by atoms with Gasteiger partial charge in [-0.05, 0) is 37.0 Å². The third-order valence-electron chi connectivity index (χ3n) is 2.48. The van der Waals surface area contributed by atoms with Crippen LogP contribution in [-0.4, -0.2) is 5.38 Å². The van der Waals surface area contributed by atoms with Gasteiger partial charge in [-0.15, -0.1) is 11.6 Å². The quantitative estimate of drug-likeness (QED) is 0.524. The molecule has 0 saturated heterocycles. The zero-order valence-corrected chi connectivity index (χ0v) is 9.35. The third-order valence-corrected chi connectivity index (χ3v) is 3.06. The van der Waals surface area contributed by atoms with Gasteiger partial charge in [0.25, 0.3) is 0 Å². The predicted molar refractivity (Wildman–Crippen MR) is 62.1 cm³/mol. The van der Waals surface area contributed by atoms with E-state index in [1.54, 1.807) is 0 Å². The predicted octanol–water partition coefficient (Wildman–Crippen LogP) is 4.21. The summed E-state index contributed by atoms with van der Waals surface area (Å²) in [5.74, 6) is 0. The number of allylic oxidation sites excluding steroid dienone is 2. The van der Waals surface area contributed by atoms with Crippen LogP contribution in [0.5, 0.6) is 0 Å². The molecule has 1 aliphatic rings. The minimum Gasteiger partial charge on any atom is -0.118 e. The van der Waals surface area contributed by atoms with E-state index in [0.717, 1.165) is 24.3 Å². The third kappa shape index (κ3) is 2.52. The Kier molecular flexibility index (Phi) is 3.15. The number of rotatable bonds is 2. The summed E-state index contributed by atoms with van der Waals surface area (Å²) in [6, 6.07) is 8.02. The van der Waals surface area contributed by atoms with Crippen molar-refractivity contribution in [1.29, 1.82) is 0 Å². The molecule has 0 spiro atoms. The molecule has 1 aromatic rings. The van der Waals surface area contributed by atoms with Crippen molar-refractivity contribution in [1.82, 2.24) is 0 Å². The van der Waals surface area contributed by atoms with Crippen LogP contribution in [0.25, 0.3) is 0 Å². The lowest BCUT2D eigenvalue weighted by molar-refractivity contribution is 0.892. The van der Waals surface area contributed by atoms with Crippen molar-refractivity contribution in [3.63, 3.8) is 0 Å². The number of alkyl halides is 1. The first-order chi connectivity index (χ1) is 6.74. The lowest BCUT2D eigenvalue weighted by Gasteiger charge is -2.02. The number of hydrogen-bond acceptors (Lipinski definition) is 0. The van der Waals surface area contributed by atoms with Gasteiger partial charge in [0.15, 0.2) is 0 Å². The first-order valence-electron chi connectivity index (χ1n) is 4.82. The summed E-state index contributed by atoms with van der Waals surface area (Å²) in [5.41, 5.74) is 2.71. The van der Waals surface area contributed by atoms with Crippen molar-refractivity contribution in [3.05, 3.63) is 46.5 Å². The zero-order chi connectivity index (χ0) is 9.97. The molecule has 0 radical (unpaired) electrons. The molecule has 0 nitrogen and oxygen atoms in total. The average Bonchev–Trinajstić information content (AvgIpc) is 2.51.